The zero-order chi connectivity index (χ0) is 19.0. The quantitative estimate of drug-likeness (QED) is 0.524. The van der Waals surface area contributed by atoms with Crippen LogP contribution in [0.2, 0.25) is 0 Å². The summed E-state index contributed by atoms with van der Waals surface area (Å²) in [4.78, 5) is 17.7. The Hall–Kier alpha value is -3.07. The van der Waals surface area contributed by atoms with Gasteiger partial charge in [-0.15, -0.1) is 0 Å². The summed E-state index contributed by atoms with van der Waals surface area (Å²) in [6.07, 6.45) is 8.78. The first-order valence-corrected chi connectivity index (χ1v) is 9.00. The van der Waals surface area contributed by atoms with Crippen LogP contribution in [-0.4, -0.2) is 29.7 Å². The number of pyridine rings is 1. The summed E-state index contributed by atoms with van der Waals surface area (Å²) in [6.45, 7) is 5.63. The SMILES string of the molecule is Cc1ncc(-c2c(C)noc2C)nc1Nc1cc(Br)c(-n2ccnc2)cn1. The number of hydrogen-bond donors (Lipinski definition) is 1. The van der Waals surface area contributed by atoms with Crippen molar-refractivity contribution in [3.63, 3.8) is 0 Å². The molecule has 27 heavy (non-hydrogen) atoms. The largest absolute Gasteiger partial charge is 0.361 e. The number of nitrogens with one attached hydrogen (secondary N) is 1. The fraction of sp³-hybridized carbons (Fsp3) is 0.167. The molecule has 0 fully saturated rings. The van der Waals surface area contributed by atoms with Crippen molar-refractivity contribution in [1.82, 2.24) is 29.7 Å². The highest BCUT2D eigenvalue weighted by atomic mass is 79.9. The minimum atomic E-state index is 0.627. The van der Waals surface area contributed by atoms with E-state index >= 15 is 0 Å². The molecule has 0 aromatic carbocycles. The van der Waals surface area contributed by atoms with Gasteiger partial charge in [0.2, 0.25) is 0 Å². The summed E-state index contributed by atoms with van der Waals surface area (Å²) in [5.74, 6) is 1.99. The molecule has 4 aromatic heterocycles. The highest BCUT2D eigenvalue weighted by molar-refractivity contribution is 9.10. The van der Waals surface area contributed by atoms with Crippen LogP contribution in [0.15, 0.2) is 46.2 Å². The van der Waals surface area contributed by atoms with Crippen molar-refractivity contribution in [2.45, 2.75) is 20.8 Å². The first-order valence-electron chi connectivity index (χ1n) is 8.20. The van der Waals surface area contributed by atoms with E-state index in [9.17, 15) is 0 Å². The lowest BCUT2D eigenvalue weighted by atomic mass is 10.1. The Bertz CT molecular complexity index is 1090. The maximum Gasteiger partial charge on any atom is 0.153 e. The lowest BCUT2D eigenvalue weighted by Crippen LogP contribution is -2.03. The lowest BCUT2D eigenvalue weighted by Gasteiger charge is -2.11. The fourth-order valence-corrected chi connectivity index (χ4v) is 3.27. The van der Waals surface area contributed by atoms with Gasteiger partial charge >= 0.3 is 0 Å². The van der Waals surface area contributed by atoms with Gasteiger partial charge in [-0.05, 0) is 42.8 Å². The van der Waals surface area contributed by atoms with Gasteiger partial charge < -0.3 is 14.4 Å². The second-order valence-corrected chi connectivity index (χ2v) is 6.86. The molecule has 0 aliphatic heterocycles. The van der Waals surface area contributed by atoms with Gasteiger partial charge in [0, 0.05) is 16.9 Å². The van der Waals surface area contributed by atoms with Gasteiger partial charge in [-0.3, -0.25) is 4.98 Å². The highest BCUT2D eigenvalue weighted by Crippen LogP contribution is 2.28. The summed E-state index contributed by atoms with van der Waals surface area (Å²) in [5, 5.41) is 7.22. The summed E-state index contributed by atoms with van der Waals surface area (Å²) in [5.41, 5.74) is 4.00. The lowest BCUT2D eigenvalue weighted by molar-refractivity contribution is 0.393. The van der Waals surface area contributed by atoms with E-state index in [-0.39, 0.29) is 0 Å². The minimum absolute atomic E-state index is 0.627. The van der Waals surface area contributed by atoms with Crippen LogP contribution >= 0.6 is 15.9 Å². The molecule has 136 valence electrons. The van der Waals surface area contributed by atoms with Crippen LogP contribution in [-0.2, 0) is 0 Å². The van der Waals surface area contributed by atoms with Crippen LogP contribution in [0.3, 0.4) is 0 Å². The Morgan fingerprint density at radius 2 is 1.96 bits per heavy atom. The Labute approximate surface area is 163 Å². The fourth-order valence-electron chi connectivity index (χ4n) is 2.74. The number of hydrogen-bond acceptors (Lipinski definition) is 7. The maximum atomic E-state index is 5.24. The zero-order valence-electron chi connectivity index (χ0n) is 14.9. The molecule has 0 aliphatic carbocycles. The van der Waals surface area contributed by atoms with E-state index in [2.05, 4.69) is 46.3 Å². The first kappa shape index (κ1) is 17.3. The molecule has 0 aliphatic rings. The van der Waals surface area contributed by atoms with Gasteiger partial charge in [0.15, 0.2) is 5.82 Å². The van der Waals surface area contributed by atoms with E-state index in [0.29, 0.717) is 23.1 Å². The van der Waals surface area contributed by atoms with Crippen molar-refractivity contribution in [1.29, 1.82) is 0 Å². The Balaban J connectivity index is 1.67. The molecule has 4 heterocycles. The molecule has 0 amide bonds. The number of imidazole rings is 1. The predicted octanol–water partition coefficient (Wildman–Crippen LogP) is 4.14. The molecular formula is C18H16BrN7O. The molecule has 0 atom stereocenters. The van der Waals surface area contributed by atoms with Crippen molar-refractivity contribution in [2.75, 3.05) is 5.32 Å². The number of anilines is 2. The number of nitrogens with zero attached hydrogens (tertiary/aromatic N) is 6. The standard InChI is InChI=1S/C18H16BrN7O/c1-10-17(12(3)27-25-10)14-7-21-11(2)18(23-14)24-16-6-13(19)15(8-22-16)26-5-4-20-9-26/h4-9H,1-3H3,(H,22,23,24). The van der Waals surface area contributed by atoms with Gasteiger partial charge in [-0.25, -0.2) is 15.0 Å². The van der Waals surface area contributed by atoms with Gasteiger partial charge in [0.25, 0.3) is 0 Å². The van der Waals surface area contributed by atoms with E-state index in [1.807, 2.05) is 37.6 Å². The maximum absolute atomic E-state index is 5.24. The summed E-state index contributed by atoms with van der Waals surface area (Å²) in [7, 11) is 0. The third-order valence-corrected chi connectivity index (χ3v) is 4.74. The molecule has 0 unspecified atom stereocenters. The number of halogens is 1. The molecule has 0 saturated heterocycles. The minimum Gasteiger partial charge on any atom is -0.361 e. The Morgan fingerprint density at radius 3 is 2.63 bits per heavy atom. The molecule has 0 radical (unpaired) electrons. The van der Waals surface area contributed by atoms with Crippen LogP contribution in [0.1, 0.15) is 17.1 Å². The van der Waals surface area contributed by atoms with Gasteiger partial charge in [-0.2, -0.15) is 0 Å². The van der Waals surface area contributed by atoms with Crippen LogP contribution in [0.25, 0.3) is 16.9 Å². The smallest absolute Gasteiger partial charge is 0.153 e. The monoisotopic (exact) mass is 425 g/mol. The third-order valence-electron chi connectivity index (χ3n) is 4.11. The van der Waals surface area contributed by atoms with E-state index in [4.69, 9.17) is 4.52 Å². The molecule has 4 aromatic rings. The summed E-state index contributed by atoms with van der Waals surface area (Å²) in [6, 6.07) is 1.89. The van der Waals surface area contributed by atoms with Crippen LogP contribution in [0.4, 0.5) is 11.6 Å². The number of aryl methyl sites for hydroxylation is 3. The summed E-state index contributed by atoms with van der Waals surface area (Å²) >= 11 is 3.58. The second-order valence-electron chi connectivity index (χ2n) is 6.00. The zero-order valence-corrected chi connectivity index (χ0v) is 16.5. The molecular weight excluding hydrogens is 410 g/mol. The van der Waals surface area contributed by atoms with Crippen molar-refractivity contribution >= 4 is 27.6 Å². The topological polar surface area (TPSA) is 94.6 Å². The molecule has 1 N–H and O–H groups in total. The van der Waals surface area contributed by atoms with Crippen molar-refractivity contribution in [3.8, 4) is 16.9 Å². The van der Waals surface area contributed by atoms with Gasteiger partial charge in [-0.1, -0.05) is 5.16 Å². The molecule has 9 heteroatoms. The van der Waals surface area contributed by atoms with Crippen LogP contribution < -0.4 is 5.32 Å². The normalized spacial score (nSPS) is 11.0. The molecule has 0 spiro atoms. The first-order chi connectivity index (χ1) is 13.0. The Morgan fingerprint density at radius 1 is 1.11 bits per heavy atom. The molecule has 8 nitrogen and oxygen atoms in total. The average molecular weight is 426 g/mol. The molecule has 0 saturated carbocycles. The number of aromatic nitrogens is 6. The molecule has 4 rings (SSSR count). The second kappa shape index (κ2) is 6.92. The Kier molecular flexibility index (Phi) is 4.44. The van der Waals surface area contributed by atoms with E-state index < -0.39 is 0 Å². The summed E-state index contributed by atoms with van der Waals surface area (Å²) < 4.78 is 8.00. The third kappa shape index (κ3) is 3.33. The van der Waals surface area contributed by atoms with Crippen LogP contribution in [0, 0.1) is 20.8 Å². The predicted molar refractivity (Wildman–Crippen MR) is 104 cm³/mol. The average Bonchev–Trinajstić information content (AvgIpc) is 3.28. The van der Waals surface area contributed by atoms with E-state index in [1.54, 1.807) is 24.9 Å². The number of rotatable bonds is 4. The van der Waals surface area contributed by atoms with Gasteiger partial charge in [0.05, 0.1) is 47.1 Å². The van der Waals surface area contributed by atoms with E-state index in [1.165, 1.54) is 0 Å². The van der Waals surface area contributed by atoms with Crippen molar-refractivity contribution < 1.29 is 4.52 Å². The van der Waals surface area contributed by atoms with Crippen molar-refractivity contribution in [2.24, 2.45) is 0 Å². The molecule has 0 bridgehead atoms. The van der Waals surface area contributed by atoms with Gasteiger partial charge in [0.1, 0.15) is 11.6 Å². The van der Waals surface area contributed by atoms with E-state index in [0.717, 1.165) is 27.1 Å². The van der Waals surface area contributed by atoms with Crippen molar-refractivity contribution in [3.05, 3.63) is 58.8 Å². The van der Waals surface area contributed by atoms with Crippen LogP contribution in [0.5, 0.6) is 0 Å². The highest BCUT2D eigenvalue weighted by Gasteiger charge is 2.15.